The minimum Gasteiger partial charge on any atom is -0.444 e. The lowest BCUT2D eigenvalue weighted by Gasteiger charge is -2.33. The van der Waals surface area contributed by atoms with Gasteiger partial charge >= 0.3 is 6.09 Å². The van der Waals surface area contributed by atoms with E-state index in [1.54, 1.807) is 11.5 Å². The van der Waals surface area contributed by atoms with Gasteiger partial charge in [0.1, 0.15) is 11.4 Å². The number of hydrogen-bond donors (Lipinski definition) is 1. The van der Waals surface area contributed by atoms with Crippen LogP contribution in [-0.2, 0) is 4.74 Å². The zero-order valence-electron chi connectivity index (χ0n) is 14.5. The zero-order valence-corrected chi connectivity index (χ0v) is 15.4. The molecule has 0 saturated carbocycles. The Morgan fingerprint density at radius 1 is 1.42 bits per heavy atom. The van der Waals surface area contributed by atoms with E-state index in [0.717, 1.165) is 31.7 Å². The van der Waals surface area contributed by atoms with Crippen LogP contribution >= 0.6 is 11.5 Å². The fourth-order valence-electron chi connectivity index (χ4n) is 3.07. The summed E-state index contributed by atoms with van der Waals surface area (Å²) in [5.41, 5.74) is -0.456. The molecule has 0 bridgehead atoms. The summed E-state index contributed by atoms with van der Waals surface area (Å²) in [5, 5.41) is 4.13. The highest BCUT2D eigenvalue weighted by Gasteiger charge is 2.24. The highest BCUT2D eigenvalue weighted by molar-refractivity contribution is 7.13. The summed E-state index contributed by atoms with van der Waals surface area (Å²) < 4.78 is 11.2. The number of rotatable bonds is 3. The van der Waals surface area contributed by atoms with E-state index in [4.69, 9.17) is 4.74 Å². The number of benzene rings is 1. The van der Waals surface area contributed by atoms with E-state index in [1.807, 2.05) is 26.8 Å². The summed E-state index contributed by atoms with van der Waals surface area (Å²) in [5.74, 6) is 1.50. The number of carbonyl (C=O) groups excluding carboxylic acids is 1. The van der Waals surface area contributed by atoms with Gasteiger partial charge in [0.2, 0.25) is 0 Å². The van der Waals surface area contributed by atoms with Gasteiger partial charge in [-0.15, -0.1) is 0 Å². The van der Waals surface area contributed by atoms with Crippen molar-refractivity contribution in [1.82, 2.24) is 9.69 Å². The van der Waals surface area contributed by atoms with E-state index in [2.05, 4.69) is 32.8 Å². The third-order valence-electron chi connectivity index (χ3n) is 4.11. The second-order valence-electron chi connectivity index (χ2n) is 7.34. The second kappa shape index (κ2) is 6.97. The molecule has 1 aliphatic rings. The Labute approximate surface area is 147 Å². The standard InChI is InChI=1S/C18H25N3O2S/c1-18(2,3)23-17(22)19-11-13-7-6-10-21(12-13)16-14-8-4-5-9-15(14)24-20-16/h4-5,8-9,13H,6-7,10-12H2,1-3H3,(H,19,22)/t13-/m1/s1. The van der Waals surface area contributed by atoms with Crippen LogP contribution in [0.25, 0.3) is 10.1 Å². The van der Waals surface area contributed by atoms with E-state index in [9.17, 15) is 4.79 Å². The van der Waals surface area contributed by atoms with Gasteiger partial charge in [-0.25, -0.2) is 4.79 Å². The van der Waals surface area contributed by atoms with Crippen LogP contribution in [0.5, 0.6) is 0 Å². The molecule has 1 fully saturated rings. The van der Waals surface area contributed by atoms with Crippen LogP contribution in [0.4, 0.5) is 10.6 Å². The van der Waals surface area contributed by atoms with Gasteiger partial charge in [0.15, 0.2) is 0 Å². The van der Waals surface area contributed by atoms with Gasteiger partial charge < -0.3 is 15.0 Å². The lowest BCUT2D eigenvalue weighted by molar-refractivity contribution is 0.0517. The minimum absolute atomic E-state index is 0.335. The van der Waals surface area contributed by atoms with Crippen LogP contribution in [0.15, 0.2) is 24.3 Å². The molecule has 0 radical (unpaired) electrons. The van der Waals surface area contributed by atoms with Crippen molar-refractivity contribution in [3.63, 3.8) is 0 Å². The number of carbonyl (C=O) groups is 1. The number of alkyl carbamates (subject to hydrolysis) is 1. The van der Waals surface area contributed by atoms with Crippen LogP contribution in [0.2, 0.25) is 0 Å². The lowest BCUT2D eigenvalue weighted by Crippen LogP contribution is -2.42. The Morgan fingerprint density at radius 3 is 3.00 bits per heavy atom. The Bertz CT molecular complexity index is 708. The Kier molecular flexibility index (Phi) is 4.94. The van der Waals surface area contributed by atoms with Crippen molar-refractivity contribution in [3.05, 3.63) is 24.3 Å². The highest BCUT2D eigenvalue weighted by atomic mass is 32.1. The van der Waals surface area contributed by atoms with Crippen molar-refractivity contribution in [3.8, 4) is 0 Å². The number of hydrogen-bond acceptors (Lipinski definition) is 5. The molecule has 3 rings (SSSR count). The van der Waals surface area contributed by atoms with Gasteiger partial charge in [-0.2, -0.15) is 4.37 Å². The van der Waals surface area contributed by atoms with Gasteiger partial charge in [0, 0.05) is 25.0 Å². The van der Waals surface area contributed by atoms with E-state index >= 15 is 0 Å². The predicted molar refractivity (Wildman–Crippen MR) is 98.8 cm³/mol. The van der Waals surface area contributed by atoms with Crippen molar-refractivity contribution in [2.24, 2.45) is 5.92 Å². The summed E-state index contributed by atoms with van der Waals surface area (Å²) in [7, 11) is 0. The smallest absolute Gasteiger partial charge is 0.407 e. The molecule has 1 aliphatic heterocycles. The molecule has 6 heteroatoms. The third kappa shape index (κ3) is 4.17. The highest BCUT2D eigenvalue weighted by Crippen LogP contribution is 2.31. The van der Waals surface area contributed by atoms with Crippen LogP contribution in [0.3, 0.4) is 0 Å². The molecule has 130 valence electrons. The summed E-state index contributed by atoms with van der Waals surface area (Å²) in [6.45, 7) is 8.22. The lowest BCUT2D eigenvalue weighted by atomic mass is 9.98. The quantitative estimate of drug-likeness (QED) is 0.910. The summed E-state index contributed by atoms with van der Waals surface area (Å²) in [6, 6.07) is 8.36. The first-order valence-electron chi connectivity index (χ1n) is 8.48. The molecule has 1 aromatic heterocycles. The van der Waals surface area contributed by atoms with Crippen LogP contribution in [0.1, 0.15) is 33.6 Å². The number of piperidine rings is 1. The number of aromatic nitrogens is 1. The zero-order chi connectivity index (χ0) is 17.2. The number of fused-ring (bicyclic) bond motifs is 1. The molecule has 5 nitrogen and oxygen atoms in total. The van der Waals surface area contributed by atoms with Crippen LogP contribution < -0.4 is 10.2 Å². The number of anilines is 1. The summed E-state index contributed by atoms with van der Waals surface area (Å²) in [4.78, 5) is 14.2. The largest absolute Gasteiger partial charge is 0.444 e. The Morgan fingerprint density at radius 2 is 2.21 bits per heavy atom. The summed E-state index contributed by atoms with van der Waals surface area (Å²) in [6.07, 6.45) is 1.90. The van der Waals surface area contributed by atoms with Gasteiger partial charge in [-0.05, 0) is 63.2 Å². The van der Waals surface area contributed by atoms with E-state index in [0.29, 0.717) is 12.5 Å². The monoisotopic (exact) mass is 347 g/mol. The fourth-order valence-corrected chi connectivity index (χ4v) is 3.86. The Balaban J connectivity index is 1.59. The number of ether oxygens (including phenoxy) is 1. The SMILES string of the molecule is CC(C)(C)OC(=O)NC[C@H]1CCCN(c2nsc3ccccc23)C1. The van der Waals surface area contributed by atoms with Crippen LogP contribution in [-0.4, -0.2) is 35.7 Å². The van der Waals surface area contributed by atoms with E-state index < -0.39 is 5.60 Å². The van der Waals surface area contributed by atoms with Crippen LogP contribution in [0, 0.1) is 5.92 Å². The van der Waals surface area contributed by atoms with Gasteiger partial charge in [0.25, 0.3) is 0 Å². The average molecular weight is 347 g/mol. The number of nitrogens with zero attached hydrogens (tertiary/aromatic N) is 2. The maximum absolute atomic E-state index is 11.8. The summed E-state index contributed by atoms with van der Waals surface area (Å²) >= 11 is 1.55. The van der Waals surface area contributed by atoms with E-state index in [-0.39, 0.29) is 6.09 Å². The first-order valence-corrected chi connectivity index (χ1v) is 9.26. The third-order valence-corrected chi connectivity index (χ3v) is 4.93. The number of amides is 1. The Hall–Kier alpha value is -1.82. The van der Waals surface area contributed by atoms with Crippen molar-refractivity contribution < 1.29 is 9.53 Å². The van der Waals surface area contributed by atoms with Crippen molar-refractivity contribution in [2.45, 2.75) is 39.2 Å². The molecule has 1 amide bonds. The normalized spacial score (nSPS) is 18.6. The molecular formula is C18H25N3O2S. The molecule has 24 heavy (non-hydrogen) atoms. The second-order valence-corrected chi connectivity index (χ2v) is 8.14. The predicted octanol–water partition coefficient (Wildman–Crippen LogP) is 4.04. The van der Waals surface area contributed by atoms with Gasteiger partial charge in [0.05, 0.1) is 4.70 Å². The van der Waals surface area contributed by atoms with Crippen molar-refractivity contribution in [1.29, 1.82) is 0 Å². The molecule has 0 spiro atoms. The molecule has 1 atom stereocenters. The molecule has 0 aliphatic carbocycles. The van der Waals surface area contributed by atoms with Gasteiger partial charge in [-0.1, -0.05) is 12.1 Å². The van der Waals surface area contributed by atoms with Gasteiger partial charge in [-0.3, -0.25) is 0 Å². The maximum atomic E-state index is 11.8. The topological polar surface area (TPSA) is 54.5 Å². The first-order chi connectivity index (χ1) is 11.4. The molecule has 1 aromatic carbocycles. The van der Waals surface area contributed by atoms with Crippen molar-refractivity contribution in [2.75, 3.05) is 24.5 Å². The molecule has 0 unspecified atom stereocenters. The number of nitrogens with one attached hydrogen (secondary N) is 1. The molecule has 1 N–H and O–H groups in total. The molecular weight excluding hydrogens is 322 g/mol. The molecule has 2 aromatic rings. The van der Waals surface area contributed by atoms with Crippen molar-refractivity contribution >= 4 is 33.5 Å². The van der Waals surface area contributed by atoms with E-state index in [1.165, 1.54) is 10.1 Å². The first kappa shape index (κ1) is 17.0. The molecule has 2 heterocycles. The molecule has 1 saturated heterocycles. The maximum Gasteiger partial charge on any atom is 0.407 e. The minimum atomic E-state index is -0.456. The fraction of sp³-hybridized carbons (Fsp3) is 0.556. The average Bonchev–Trinajstić information content (AvgIpc) is 2.96.